The molecular weight excluding hydrogens is 461 g/mol. The van der Waals surface area contributed by atoms with Crippen LogP contribution in [0.5, 0.6) is 5.75 Å². The molecule has 0 bridgehead atoms. The van der Waals surface area contributed by atoms with Gasteiger partial charge in [0, 0.05) is 13.1 Å². The Morgan fingerprint density at radius 2 is 1.94 bits per heavy atom. The third-order valence-electron chi connectivity index (χ3n) is 4.15. The number of imide groups is 1. The zero-order valence-corrected chi connectivity index (χ0v) is 18.3. The minimum absolute atomic E-state index is 0.0217. The van der Waals surface area contributed by atoms with Gasteiger partial charge in [0.15, 0.2) is 6.61 Å². The number of carbonyl (C=O) groups is 3. The fourth-order valence-corrected chi connectivity index (χ4v) is 3.82. The highest BCUT2D eigenvalue weighted by molar-refractivity contribution is 8.18. The number of nitrogens with one attached hydrogen (secondary N) is 1. The van der Waals surface area contributed by atoms with Crippen LogP contribution in [-0.4, -0.2) is 41.6 Å². The lowest BCUT2D eigenvalue weighted by atomic mass is 10.2. The molecule has 0 unspecified atom stereocenters. The van der Waals surface area contributed by atoms with Crippen molar-refractivity contribution >= 4 is 58.1 Å². The third kappa shape index (κ3) is 5.79. The van der Waals surface area contributed by atoms with Gasteiger partial charge in [0.1, 0.15) is 5.75 Å². The number of benzene rings is 2. The molecule has 158 valence electrons. The zero-order valence-electron chi connectivity index (χ0n) is 15.9. The van der Waals surface area contributed by atoms with Gasteiger partial charge in [0.05, 0.1) is 26.6 Å². The molecule has 1 aliphatic rings. The van der Waals surface area contributed by atoms with Gasteiger partial charge in [0.2, 0.25) is 0 Å². The molecule has 3 rings (SSSR count). The highest BCUT2D eigenvalue weighted by Crippen LogP contribution is 2.34. The molecule has 3 amide bonds. The Bertz CT molecular complexity index is 1100. The average Bonchev–Trinajstić information content (AvgIpc) is 3.03. The SMILES string of the molecule is N#Cc1ccc(OCC(=O)NCCN2C(=O)S/C(=C\c3cccc(Cl)c3Cl)C2=O)cc1. The van der Waals surface area contributed by atoms with Gasteiger partial charge in [0.25, 0.3) is 17.1 Å². The van der Waals surface area contributed by atoms with Crippen LogP contribution in [0.4, 0.5) is 4.79 Å². The summed E-state index contributed by atoms with van der Waals surface area (Å²) in [4.78, 5) is 37.9. The Labute approximate surface area is 192 Å². The van der Waals surface area contributed by atoms with Crippen molar-refractivity contribution < 1.29 is 19.1 Å². The first kappa shape index (κ1) is 22.7. The van der Waals surface area contributed by atoms with E-state index in [0.717, 1.165) is 16.7 Å². The second-order valence-corrected chi connectivity index (χ2v) is 8.03. The fourth-order valence-electron chi connectivity index (χ4n) is 2.60. The van der Waals surface area contributed by atoms with E-state index >= 15 is 0 Å². The standard InChI is InChI=1S/C21H15Cl2N3O4S/c22-16-3-1-2-14(19(16)23)10-17-20(28)26(21(29)31-17)9-8-25-18(27)12-30-15-6-4-13(11-24)5-7-15/h1-7,10H,8-9,12H2,(H,25,27)/b17-10-. The first-order chi connectivity index (χ1) is 14.9. The van der Waals surface area contributed by atoms with Crippen molar-refractivity contribution in [3.8, 4) is 11.8 Å². The maximum Gasteiger partial charge on any atom is 0.293 e. The Hall–Kier alpha value is -2.99. The molecule has 7 nitrogen and oxygen atoms in total. The van der Waals surface area contributed by atoms with E-state index in [4.69, 9.17) is 33.2 Å². The first-order valence-corrected chi connectivity index (χ1v) is 10.6. The molecule has 31 heavy (non-hydrogen) atoms. The van der Waals surface area contributed by atoms with E-state index in [1.54, 1.807) is 42.5 Å². The fraction of sp³-hybridized carbons (Fsp3) is 0.143. The highest BCUT2D eigenvalue weighted by atomic mass is 35.5. The molecule has 1 heterocycles. The van der Waals surface area contributed by atoms with Crippen LogP contribution in [0, 0.1) is 11.3 Å². The molecule has 0 spiro atoms. The number of halogens is 2. The van der Waals surface area contributed by atoms with Crippen LogP contribution < -0.4 is 10.1 Å². The van der Waals surface area contributed by atoms with Crippen molar-refractivity contribution in [2.75, 3.05) is 19.7 Å². The summed E-state index contributed by atoms with van der Waals surface area (Å²) in [6.07, 6.45) is 1.52. The summed E-state index contributed by atoms with van der Waals surface area (Å²) in [7, 11) is 0. The van der Waals surface area contributed by atoms with Crippen molar-refractivity contribution in [2.24, 2.45) is 0 Å². The second-order valence-electron chi connectivity index (χ2n) is 6.25. The Balaban J connectivity index is 1.50. The minimum Gasteiger partial charge on any atom is -0.484 e. The molecule has 0 aromatic heterocycles. The van der Waals surface area contributed by atoms with E-state index in [9.17, 15) is 14.4 Å². The quantitative estimate of drug-likeness (QED) is 0.605. The van der Waals surface area contributed by atoms with Crippen LogP contribution in [0.3, 0.4) is 0 Å². The van der Waals surface area contributed by atoms with E-state index in [2.05, 4.69) is 5.32 Å². The number of amides is 3. The Morgan fingerprint density at radius 1 is 1.19 bits per heavy atom. The minimum atomic E-state index is -0.464. The number of rotatable bonds is 7. The number of hydrogen-bond acceptors (Lipinski definition) is 6. The molecule has 10 heteroatoms. The molecule has 0 atom stereocenters. The van der Waals surface area contributed by atoms with Gasteiger partial charge in [-0.25, -0.2) is 0 Å². The van der Waals surface area contributed by atoms with E-state index in [-0.39, 0.29) is 24.6 Å². The topological polar surface area (TPSA) is 99.5 Å². The van der Waals surface area contributed by atoms with Gasteiger partial charge < -0.3 is 10.1 Å². The molecule has 0 aliphatic carbocycles. The van der Waals surface area contributed by atoms with Crippen LogP contribution >= 0.6 is 35.0 Å². The summed E-state index contributed by atoms with van der Waals surface area (Å²) < 4.78 is 5.33. The van der Waals surface area contributed by atoms with Crippen LogP contribution in [0.2, 0.25) is 10.0 Å². The largest absolute Gasteiger partial charge is 0.484 e. The van der Waals surface area contributed by atoms with E-state index < -0.39 is 17.1 Å². The summed E-state index contributed by atoms with van der Waals surface area (Å²) in [6, 6.07) is 13.3. The molecular formula is C21H15Cl2N3O4S. The van der Waals surface area contributed by atoms with Gasteiger partial charge in [-0.05, 0) is 53.7 Å². The third-order valence-corrected chi connectivity index (χ3v) is 5.89. The number of thioether (sulfide) groups is 1. The van der Waals surface area contributed by atoms with Crippen molar-refractivity contribution in [1.29, 1.82) is 5.26 Å². The van der Waals surface area contributed by atoms with Crippen LogP contribution in [0.15, 0.2) is 47.4 Å². The van der Waals surface area contributed by atoms with E-state index in [0.29, 0.717) is 26.9 Å². The lowest BCUT2D eigenvalue weighted by Crippen LogP contribution is -2.38. The van der Waals surface area contributed by atoms with E-state index in [1.165, 1.54) is 6.08 Å². The second kappa shape index (κ2) is 10.4. The summed E-state index contributed by atoms with van der Waals surface area (Å²) in [5.74, 6) is -0.420. The van der Waals surface area contributed by atoms with Gasteiger partial charge in [-0.2, -0.15) is 5.26 Å². The van der Waals surface area contributed by atoms with Gasteiger partial charge in [-0.15, -0.1) is 0 Å². The first-order valence-electron chi connectivity index (χ1n) is 8.98. The normalized spacial score (nSPS) is 14.6. The van der Waals surface area contributed by atoms with Crippen LogP contribution in [0.1, 0.15) is 11.1 Å². The monoisotopic (exact) mass is 475 g/mol. The molecule has 1 fully saturated rings. The molecule has 2 aromatic rings. The summed E-state index contributed by atoms with van der Waals surface area (Å²) in [5, 5.41) is 11.6. The van der Waals surface area contributed by atoms with Crippen molar-refractivity contribution in [3.63, 3.8) is 0 Å². The number of nitriles is 1. The number of nitrogens with zero attached hydrogens (tertiary/aromatic N) is 2. The maximum atomic E-state index is 12.5. The molecule has 1 N–H and O–H groups in total. The molecule has 0 saturated carbocycles. The van der Waals surface area contributed by atoms with Gasteiger partial charge in [-0.3, -0.25) is 19.3 Å². The predicted molar refractivity (Wildman–Crippen MR) is 119 cm³/mol. The molecule has 2 aromatic carbocycles. The van der Waals surface area contributed by atoms with Gasteiger partial charge in [-0.1, -0.05) is 35.3 Å². The Morgan fingerprint density at radius 3 is 2.65 bits per heavy atom. The van der Waals surface area contributed by atoms with Crippen LogP contribution in [0.25, 0.3) is 6.08 Å². The number of ether oxygens (including phenoxy) is 1. The van der Waals surface area contributed by atoms with Crippen molar-refractivity contribution in [1.82, 2.24) is 10.2 Å². The lowest BCUT2D eigenvalue weighted by Gasteiger charge is -2.13. The number of carbonyl (C=O) groups excluding carboxylic acids is 3. The van der Waals surface area contributed by atoms with Crippen molar-refractivity contribution in [2.45, 2.75) is 0 Å². The van der Waals surface area contributed by atoms with Crippen molar-refractivity contribution in [3.05, 3.63) is 68.5 Å². The predicted octanol–water partition coefficient (Wildman–Crippen LogP) is 4.10. The lowest BCUT2D eigenvalue weighted by molar-refractivity contribution is -0.125. The summed E-state index contributed by atoms with van der Waals surface area (Å²) >= 11 is 12.9. The number of hydrogen-bond donors (Lipinski definition) is 1. The smallest absolute Gasteiger partial charge is 0.293 e. The highest BCUT2D eigenvalue weighted by Gasteiger charge is 2.34. The molecule has 0 radical (unpaired) electrons. The van der Waals surface area contributed by atoms with Gasteiger partial charge >= 0.3 is 0 Å². The molecule has 1 saturated heterocycles. The van der Waals surface area contributed by atoms with E-state index in [1.807, 2.05) is 6.07 Å². The maximum absolute atomic E-state index is 12.5. The Kier molecular flexibility index (Phi) is 7.58. The molecule has 1 aliphatic heterocycles. The van der Waals surface area contributed by atoms with Crippen LogP contribution in [-0.2, 0) is 9.59 Å². The average molecular weight is 476 g/mol. The zero-order chi connectivity index (χ0) is 22.4. The summed E-state index contributed by atoms with van der Waals surface area (Å²) in [5.41, 5.74) is 1.02. The summed E-state index contributed by atoms with van der Waals surface area (Å²) in [6.45, 7) is -0.131.